The summed E-state index contributed by atoms with van der Waals surface area (Å²) in [6.07, 6.45) is 3.32. The molecule has 4 nitrogen and oxygen atoms in total. The highest BCUT2D eigenvalue weighted by Crippen LogP contribution is 2.23. The average molecular weight is 230 g/mol. The van der Waals surface area contributed by atoms with Crippen LogP contribution in [-0.2, 0) is 4.79 Å². The number of pyridine rings is 1. The third-order valence-corrected chi connectivity index (χ3v) is 2.50. The number of aromatic hydroxyl groups is 1. The molecule has 0 amide bonds. The number of rotatable bonds is 3. The van der Waals surface area contributed by atoms with E-state index in [4.69, 9.17) is 0 Å². The van der Waals surface area contributed by atoms with Crippen molar-refractivity contribution in [1.82, 2.24) is 0 Å². The molecule has 0 spiro atoms. The molecule has 0 saturated heterocycles. The second-order valence-electron chi connectivity index (χ2n) is 3.62. The van der Waals surface area contributed by atoms with Gasteiger partial charge in [0.15, 0.2) is 12.4 Å². The summed E-state index contributed by atoms with van der Waals surface area (Å²) in [5.74, 6) is -1.03. The Balaban J connectivity index is 2.51. The van der Waals surface area contributed by atoms with Crippen LogP contribution in [-0.4, -0.2) is 16.2 Å². The fraction of sp³-hybridized carbons (Fsp3) is 0.0769. The highest BCUT2D eigenvalue weighted by molar-refractivity contribution is 5.75. The van der Waals surface area contributed by atoms with Gasteiger partial charge in [-0.15, -0.1) is 0 Å². The SMILES string of the molecule is O=C(O)C(c1ccccc1O)[n+]1ccccc1. The van der Waals surface area contributed by atoms with E-state index in [0.29, 0.717) is 5.56 Å². The van der Waals surface area contributed by atoms with Crippen LogP contribution in [0.25, 0.3) is 0 Å². The molecule has 2 N–H and O–H groups in total. The molecule has 0 bridgehead atoms. The van der Waals surface area contributed by atoms with Crippen molar-refractivity contribution in [1.29, 1.82) is 0 Å². The van der Waals surface area contributed by atoms with Crippen LogP contribution in [0.3, 0.4) is 0 Å². The Hall–Kier alpha value is -2.36. The van der Waals surface area contributed by atoms with Crippen molar-refractivity contribution < 1.29 is 19.6 Å². The quantitative estimate of drug-likeness (QED) is 0.782. The van der Waals surface area contributed by atoms with E-state index in [2.05, 4.69) is 0 Å². The zero-order chi connectivity index (χ0) is 12.3. The third kappa shape index (κ3) is 2.25. The van der Waals surface area contributed by atoms with Crippen LogP contribution >= 0.6 is 0 Å². The summed E-state index contributed by atoms with van der Waals surface area (Å²) < 4.78 is 1.54. The molecule has 17 heavy (non-hydrogen) atoms. The summed E-state index contributed by atoms with van der Waals surface area (Å²) in [5, 5.41) is 19.0. The van der Waals surface area contributed by atoms with E-state index in [9.17, 15) is 15.0 Å². The van der Waals surface area contributed by atoms with E-state index in [1.807, 2.05) is 0 Å². The van der Waals surface area contributed by atoms with Gasteiger partial charge in [-0.1, -0.05) is 18.2 Å². The summed E-state index contributed by atoms with van der Waals surface area (Å²) >= 11 is 0. The molecule has 86 valence electrons. The summed E-state index contributed by atoms with van der Waals surface area (Å²) in [4.78, 5) is 11.3. The van der Waals surface area contributed by atoms with Gasteiger partial charge in [0.2, 0.25) is 0 Å². The van der Waals surface area contributed by atoms with Gasteiger partial charge in [0.05, 0.1) is 5.56 Å². The van der Waals surface area contributed by atoms with Crippen molar-refractivity contribution in [3.63, 3.8) is 0 Å². The monoisotopic (exact) mass is 230 g/mol. The van der Waals surface area contributed by atoms with E-state index in [1.54, 1.807) is 48.8 Å². The van der Waals surface area contributed by atoms with Crippen LogP contribution in [0.1, 0.15) is 11.6 Å². The van der Waals surface area contributed by atoms with Crippen molar-refractivity contribution in [3.8, 4) is 5.75 Å². The van der Waals surface area contributed by atoms with Gasteiger partial charge >= 0.3 is 5.97 Å². The Labute approximate surface area is 98.4 Å². The minimum atomic E-state index is -1.01. The van der Waals surface area contributed by atoms with Crippen molar-refractivity contribution >= 4 is 5.97 Å². The number of hydrogen-bond donors (Lipinski definition) is 2. The van der Waals surface area contributed by atoms with Crippen LogP contribution in [0.4, 0.5) is 0 Å². The number of benzene rings is 1. The van der Waals surface area contributed by atoms with Crippen LogP contribution in [0.15, 0.2) is 54.9 Å². The zero-order valence-electron chi connectivity index (χ0n) is 9.02. The number of phenols is 1. The second kappa shape index (κ2) is 4.65. The first-order valence-corrected chi connectivity index (χ1v) is 5.16. The van der Waals surface area contributed by atoms with Crippen LogP contribution in [0, 0.1) is 0 Å². The van der Waals surface area contributed by atoms with Gasteiger partial charge in [0.1, 0.15) is 5.75 Å². The van der Waals surface area contributed by atoms with Crippen LogP contribution < -0.4 is 4.57 Å². The highest BCUT2D eigenvalue weighted by atomic mass is 16.4. The molecular weight excluding hydrogens is 218 g/mol. The largest absolute Gasteiger partial charge is 0.507 e. The lowest BCUT2D eigenvalue weighted by Crippen LogP contribution is -2.43. The maximum atomic E-state index is 11.3. The molecule has 0 radical (unpaired) electrons. The van der Waals surface area contributed by atoms with Crippen molar-refractivity contribution in [3.05, 3.63) is 60.4 Å². The molecule has 0 saturated carbocycles. The van der Waals surface area contributed by atoms with Gasteiger partial charge in [-0.2, -0.15) is 4.57 Å². The lowest BCUT2D eigenvalue weighted by Gasteiger charge is -2.09. The zero-order valence-corrected chi connectivity index (χ0v) is 9.02. The molecular formula is C13H12NO3+. The van der Waals surface area contributed by atoms with Crippen molar-refractivity contribution in [2.75, 3.05) is 0 Å². The molecule has 1 aromatic carbocycles. The molecule has 2 rings (SSSR count). The van der Waals surface area contributed by atoms with E-state index in [0.717, 1.165) is 0 Å². The summed E-state index contributed by atoms with van der Waals surface area (Å²) in [6.45, 7) is 0. The smallest absolute Gasteiger partial charge is 0.378 e. The Morgan fingerprint density at radius 2 is 1.71 bits per heavy atom. The molecule has 0 fully saturated rings. The van der Waals surface area contributed by atoms with Crippen molar-refractivity contribution in [2.45, 2.75) is 6.04 Å². The molecule has 0 aliphatic rings. The van der Waals surface area contributed by atoms with Gasteiger partial charge in [0, 0.05) is 12.1 Å². The molecule has 1 aromatic heterocycles. The van der Waals surface area contributed by atoms with Gasteiger partial charge in [-0.3, -0.25) is 0 Å². The fourth-order valence-electron chi connectivity index (χ4n) is 1.72. The van der Waals surface area contributed by atoms with Gasteiger partial charge < -0.3 is 10.2 Å². The second-order valence-corrected chi connectivity index (χ2v) is 3.62. The Morgan fingerprint density at radius 1 is 1.06 bits per heavy atom. The fourth-order valence-corrected chi connectivity index (χ4v) is 1.72. The first kappa shape index (κ1) is 11.1. The highest BCUT2D eigenvalue weighted by Gasteiger charge is 2.31. The predicted molar refractivity (Wildman–Crippen MR) is 60.5 cm³/mol. The number of phenolic OH excluding ortho intramolecular Hbond substituents is 1. The Morgan fingerprint density at radius 3 is 2.29 bits per heavy atom. The molecule has 0 aliphatic heterocycles. The third-order valence-electron chi connectivity index (χ3n) is 2.50. The summed E-state index contributed by atoms with van der Waals surface area (Å²) in [5.41, 5.74) is 0.371. The summed E-state index contributed by atoms with van der Waals surface area (Å²) in [7, 11) is 0. The van der Waals surface area contributed by atoms with Gasteiger partial charge in [-0.25, -0.2) is 4.79 Å². The number of aliphatic carboxylic acids is 1. The number of aromatic nitrogens is 1. The van der Waals surface area contributed by atoms with E-state index in [-0.39, 0.29) is 5.75 Å². The minimum Gasteiger partial charge on any atom is -0.507 e. The average Bonchev–Trinajstić information content (AvgIpc) is 2.33. The number of carboxylic acid groups (broad SMARTS) is 1. The predicted octanol–water partition coefficient (Wildman–Crippen LogP) is 1.35. The van der Waals surface area contributed by atoms with Crippen LogP contribution in [0.5, 0.6) is 5.75 Å². The number of nitrogens with zero attached hydrogens (tertiary/aromatic N) is 1. The number of carboxylic acids is 1. The lowest BCUT2D eigenvalue weighted by atomic mass is 10.1. The molecule has 4 heteroatoms. The lowest BCUT2D eigenvalue weighted by molar-refractivity contribution is -0.702. The maximum Gasteiger partial charge on any atom is 0.378 e. The first-order chi connectivity index (χ1) is 8.20. The Bertz CT molecular complexity index is 525. The van der Waals surface area contributed by atoms with E-state index >= 15 is 0 Å². The van der Waals surface area contributed by atoms with Gasteiger partial charge in [0.25, 0.3) is 6.04 Å². The number of hydrogen-bond acceptors (Lipinski definition) is 2. The van der Waals surface area contributed by atoms with Gasteiger partial charge in [-0.05, 0) is 12.1 Å². The molecule has 2 aromatic rings. The normalized spacial score (nSPS) is 12.0. The summed E-state index contributed by atoms with van der Waals surface area (Å²) in [6, 6.07) is 10.8. The molecule has 0 aliphatic carbocycles. The topological polar surface area (TPSA) is 61.4 Å². The van der Waals surface area contributed by atoms with Crippen molar-refractivity contribution in [2.24, 2.45) is 0 Å². The Kier molecular flexibility index (Phi) is 3.05. The molecule has 1 heterocycles. The van der Waals surface area contributed by atoms with E-state index < -0.39 is 12.0 Å². The number of para-hydroxylation sites is 1. The minimum absolute atomic E-state index is 0.0174. The first-order valence-electron chi connectivity index (χ1n) is 5.16. The standard InChI is InChI=1S/C13H11NO3/c15-11-7-3-2-6-10(11)12(13(16)17)14-8-4-1-5-9-14/h1-9,12H,(H-,15,16,17)/p+1. The number of carbonyl (C=O) groups is 1. The van der Waals surface area contributed by atoms with Crippen LogP contribution in [0.2, 0.25) is 0 Å². The molecule has 1 unspecified atom stereocenters. The maximum absolute atomic E-state index is 11.3. The van der Waals surface area contributed by atoms with E-state index in [1.165, 1.54) is 10.6 Å². The molecule has 1 atom stereocenters.